The summed E-state index contributed by atoms with van der Waals surface area (Å²) in [6.45, 7) is 1.92. The Bertz CT molecular complexity index is 1380. The van der Waals surface area contributed by atoms with Gasteiger partial charge in [-0.05, 0) is 35.7 Å². The van der Waals surface area contributed by atoms with Gasteiger partial charge in [-0.2, -0.15) is 5.10 Å². The SMILES string of the molecule is Cc1nn(-c2cccnc2)cc1N(C)C(=O)CCSC(c1ccccc1)(c1ccccc1)c1ccccc1. The van der Waals surface area contributed by atoms with Gasteiger partial charge >= 0.3 is 0 Å². The topological polar surface area (TPSA) is 51.0 Å². The highest BCUT2D eigenvalue weighted by Gasteiger charge is 2.37. The Kier molecular flexibility index (Phi) is 7.70. The minimum absolute atomic E-state index is 0.0504. The highest BCUT2D eigenvalue weighted by Crippen LogP contribution is 2.48. The fraction of sp³-hybridized carbons (Fsp3) is 0.156. The smallest absolute Gasteiger partial charge is 0.227 e. The second kappa shape index (κ2) is 11.5. The monoisotopic (exact) mass is 518 g/mol. The number of hydrogen-bond acceptors (Lipinski definition) is 4. The summed E-state index contributed by atoms with van der Waals surface area (Å²) in [5.74, 6) is 0.701. The number of hydrogen-bond donors (Lipinski definition) is 0. The first-order valence-electron chi connectivity index (χ1n) is 12.6. The largest absolute Gasteiger partial charge is 0.312 e. The molecule has 38 heavy (non-hydrogen) atoms. The molecule has 0 N–H and O–H groups in total. The van der Waals surface area contributed by atoms with Gasteiger partial charge in [-0.25, -0.2) is 4.68 Å². The molecule has 0 fully saturated rings. The van der Waals surface area contributed by atoms with Gasteiger partial charge in [0.15, 0.2) is 0 Å². The van der Waals surface area contributed by atoms with Crippen molar-refractivity contribution in [1.82, 2.24) is 14.8 Å². The standard InChI is InChI=1S/C32H30N4OS/c1-25-30(24-36(34-25)29-19-12-21-33-23-29)35(2)31(37)20-22-38-32(26-13-6-3-7-14-26,27-15-8-4-9-16-27)28-17-10-5-11-18-28/h3-19,21,23-24H,20,22H2,1-2H3. The molecular formula is C32H30N4OS. The van der Waals surface area contributed by atoms with Gasteiger partial charge in [-0.15, -0.1) is 11.8 Å². The lowest BCUT2D eigenvalue weighted by Gasteiger charge is -2.35. The molecule has 2 aromatic heterocycles. The number of pyridine rings is 1. The van der Waals surface area contributed by atoms with Gasteiger partial charge in [0.1, 0.15) is 0 Å². The van der Waals surface area contributed by atoms with E-state index in [0.717, 1.165) is 17.1 Å². The fourth-order valence-corrected chi connectivity index (χ4v) is 6.25. The quantitative estimate of drug-likeness (QED) is 0.205. The summed E-state index contributed by atoms with van der Waals surface area (Å²) in [4.78, 5) is 19.3. The summed E-state index contributed by atoms with van der Waals surface area (Å²) in [6.07, 6.45) is 5.77. The third-order valence-corrected chi connectivity index (χ3v) is 8.24. The second-order valence-electron chi connectivity index (χ2n) is 9.09. The van der Waals surface area contributed by atoms with Crippen LogP contribution in [0.15, 0.2) is 122 Å². The van der Waals surface area contributed by atoms with Crippen molar-refractivity contribution < 1.29 is 4.79 Å². The highest BCUT2D eigenvalue weighted by molar-refractivity contribution is 8.00. The van der Waals surface area contributed by atoms with Crippen LogP contribution in [0.5, 0.6) is 0 Å². The first kappa shape index (κ1) is 25.5. The van der Waals surface area contributed by atoms with Crippen molar-refractivity contribution in [3.05, 3.63) is 144 Å². The zero-order valence-corrected chi connectivity index (χ0v) is 22.4. The minimum atomic E-state index is -0.441. The molecule has 0 atom stereocenters. The zero-order valence-electron chi connectivity index (χ0n) is 21.6. The van der Waals surface area contributed by atoms with Crippen molar-refractivity contribution in [1.29, 1.82) is 0 Å². The van der Waals surface area contributed by atoms with Crippen molar-refractivity contribution in [3.63, 3.8) is 0 Å². The van der Waals surface area contributed by atoms with Gasteiger partial charge in [0.2, 0.25) is 5.91 Å². The second-order valence-corrected chi connectivity index (χ2v) is 10.4. The summed E-state index contributed by atoms with van der Waals surface area (Å²) in [6, 6.07) is 35.5. The molecule has 0 saturated carbocycles. The molecule has 5 nitrogen and oxygen atoms in total. The van der Waals surface area contributed by atoms with Crippen molar-refractivity contribution in [2.45, 2.75) is 18.1 Å². The Labute approximate surface area is 228 Å². The maximum atomic E-state index is 13.4. The third kappa shape index (κ3) is 5.13. The lowest BCUT2D eigenvalue weighted by atomic mass is 9.84. The Morgan fingerprint density at radius 3 is 1.89 bits per heavy atom. The van der Waals surface area contributed by atoms with E-state index in [1.54, 1.807) is 33.7 Å². The first-order valence-corrected chi connectivity index (χ1v) is 13.6. The van der Waals surface area contributed by atoms with Gasteiger partial charge in [-0.1, -0.05) is 91.0 Å². The minimum Gasteiger partial charge on any atom is -0.312 e. The van der Waals surface area contributed by atoms with E-state index in [0.29, 0.717) is 12.2 Å². The predicted octanol–water partition coefficient (Wildman–Crippen LogP) is 6.65. The molecule has 0 radical (unpaired) electrons. The van der Waals surface area contributed by atoms with E-state index in [1.807, 2.05) is 50.5 Å². The molecule has 0 aliphatic heterocycles. The van der Waals surface area contributed by atoms with Crippen LogP contribution in [-0.4, -0.2) is 33.5 Å². The first-order chi connectivity index (χ1) is 18.6. The van der Waals surface area contributed by atoms with Crippen LogP contribution in [0.4, 0.5) is 5.69 Å². The van der Waals surface area contributed by atoms with Gasteiger partial charge in [-0.3, -0.25) is 9.78 Å². The number of benzene rings is 3. The third-order valence-electron chi connectivity index (χ3n) is 6.69. The van der Waals surface area contributed by atoms with E-state index in [-0.39, 0.29) is 5.91 Å². The van der Waals surface area contributed by atoms with Crippen molar-refractivity contribution in [2.24, 2.45) is 0 Å². The molecule has 0 saturated heterocycles. The van der Waals surface area contributed by atoms with Crippen LogP contribution in [0.3, 0.4) is 0 Å². The number of aromatic nitrogens is 3. The molecular weight excluding hydrogens is 488 g/mol. The summed E-state index contributed by atoms with van der Waals surface area (Å²) < 4.78 is 1.32. The van der Waals surface area contributed by atoms with Crippen molar-refractivity contribution in [2.75, 3.05) is 17.7 Å². The van der Waals surface area contributed by atoms with Crippen LogP contribution >= 0.6 is 11.8 Å². The lowest BCUT2D eigenvalue weighted by molar-refractivity contribution is -0.117. The molecule has 0 aliphatic rings. The summed E-state index contributed by atoms with van der Waals surface area (Å²) in [5, 5.41) is 4.60. The fourth-order valence-electron chi connectivity index (χ4n) is 4.76. The van der Waals surface area contributed by atoms with Crippen LogP contribution in [-0.2, 0) is 9.54 Å². The lowest BCUT2D eigenvalue weighted by Crippen LogP contribution is -2.29. The van der Waals surface area contributed by atoms with Crippen LogP contribution in [0.1, 0.15) is 28.8 Å². The number of carbonyl (C=O) groups excluding carboxylic acids is 1. The Hall–Kier alpha value is -4.16. The molecule has 6 heteroatoms. The maximum Gasteiger partial charge on any atom is 0.227 e. The Morgan fingerprint density at radius 2 is 1.39 bits per heavy atom. The van der Waals surface area contributed by atoms with E-state index in [1.165, 1.54) is 16.7 Å². The molecule has 1 amide bonds. The predicted molar refractivity (Wildman–Crippen MR) is 156 cm³/mol. The van der Waals surface area contributed by atoms with E-state index >= 15 is 0 Å². The molecule has 3 aromatic carbocycles. The van der Waals surface area contributed by atoms with Crippen molar-refractivity contribution >= 4 is 23.4 Å². The van der Waals surface area contributed by atoms with E-state index in [9.17, 15) is 4.79 Å². The summed E-state index contributed by atoms with van der Waals surface area (Å²) in [5.41, 5.74) is 6.02. The molecule has 2 heterocycles. The van der Waals surface area contributed by atoms with Crippen LogP contribution in [0.2, 0.25) is 0 Å². The average molecular weight is 519 g/mol. The number of amides is 1. The molecule has 5 rings (SSSR count). The average Bonchev–Trinajstić information content (AvgIpc) is 3.38. The molecule has 0 bridgehead atoms. The molecule has 5 aromatic rings. The van der Waals surface area contributed by atoms with E-state index < -0.39 is 4.75 Å². The number of thioether (sulfide) groups is 1. The highest BCUT2D eigenvalue weighted by atomic mass is 32.2. The molecule has 190 valence electrons. The van der Waals surface area contributed by atoms with Crippen LogP contribution in [0.25, 0.3) is 5.69 Å². The van der Waals surface area contributed by atoms with Gasteiger partial charge in [0, 0.05) is 25.4 Å². The van der Waals surface area contributed by atoms with Crippen LogP contribution < -0.4 is 4.90 Å². The van der Waals surface area contributed by atoms with E-state index in [2.05, 4.69) is 82.9 Å². The van der Waals surface area contributed by atoms with Crippen LogP contribution in [0, 0.1) is 6.92 Å². The van der Waals surface area contributed by atoms with Gasteiger partial charge in [0.05, 0.1) is 34.2 Å². The molecule has 0 aliphatic carbocycles. The number of nitrogens with zero attached hydrogens (tertiary/aromatic N) is 4. The molecule has 0 spiro atoms. The number of aryl methyl sites for hydroxylation is 1. The summed E-state index contributed by atoms with van der Waals surface area (Å²) in [7, 11) is 1.82. The Balaban J connectivity index is 1.41. The van der Waals surface area contributed by atoms with E-state index in [4.69, 9.17) is 0 Å². The zero-order chi connectivity index (χ0) is 26.4. The normalized spacial score (nSPS) is 11.3. The Morgan fingerprint density at radius 1 is 0.842 bits per heavy atom. The number of carbonyl (C=O) groups is 1. The molecule has 0 unspecified atom stereocenters. The number of rotatable bonds is 9. The van der Waals surface area contributed by atoms with Gasteiger partial charge < -0.3 is 4.90 Å². The number of anilines is 1. The summed E-state index contributed by atoms with van der Waals surface area (Å²) >= 11 is 1.80. The van der Waals surface area contributed by atoms with Gasteiger partial charge in [0.25, 0.3) is 0 Å². The maximum absolute atomic E-state index is 13.4. The van der Waals surface area contributed by atoms with Crippen molar-refractivity contribution in [3.8, 4) is 5.69 Å².